The van der Waals surface area contributed by atoms with Crippen LogP contribution in [0.25, 0.3) is 0 Å². The molecule has 0 spiro atoms. The predicted molar refractivity (Wildman–Crippen MR) is 52.7 cm³/mol. The number of nitrogens with two attached hydrogens (primary N) is 1. The van der Waals surface area contributed by atoms with E-state index in [1.54, 1.807) is 12.1 Å². The van der Waals surface area contributed by atoms with E-state index in [1.165, 1.54) is 7.05 Å². The summed E-state index contributed by atoms with van der Waals surface area (Å²) in [5.74, 6) is 0.161. The molecule has 0 aromatic heterocycles. The highest BCUT2D eigenvalue weighted by molar-refractivity contribution is 5.97. The summed E-state index contributed by atoms with van der Waals surface area (Å²) in [5, 5.41) is 5.70. The number of nitrogens with zero attached hydrogens (tertiary/aromatic N) is 1. The Hall–Kier alpha value is -2.04. The molecule has 1 rings (SSSR count). The molecule has 0 aliphatic heterocycles. The van der Waals surface area contributed by atoms with Gasteiger partial charge in [0.2, 0.25) is 0 Å². The number of amides is 1. The van der Waals surface area contributed by atoms with Crippen molar-refractivity contribution >= 4 is 11.9 Å². The lowest BCUT2D eigenvalue weighted by atomic mass is 10.2. The lowest BCUT2D eigenvalue weighted by Crippen LogP contribution is -2.20. The summed E-state index contributed by atoms with van der Waals surface area (Å²) in [6, 6.07) is 9.03. The lowest BCUT2D eigenvalue weighted by Gasteiger charge is -1.99. The number of hydrogen-bond acceptors (Lipinski definition) is 3. The van der Waals surface area contributed by atoms with E-state index >= 15 is 0 Å². The van der Waals surface area contributed by atoms with Gasteiger partial charge in [0.25, 0.3) is 0 Å². The molecule has 74 valence electrons. The maximum absolute atomic E-state index is 10.7. The van der Waals surface area contributed by atoms with Crippen LogP contribution in [-0.4, -0.2) is 19.0 Å². The fourth-order valence-electron chi connectivity index (χ4n) is 0.798. The Labute approximate surface area is 81.5 Å². The average Bonchev–Trinajstić information content (AvgIpc) is 2.26. The van der Waals surface area contributed by atoms with Crippen molar-refractivity contribution in [3.63, 3.8) is 0 Å². The molecule has 1 aromatic rings. The Morgan fingerprint density at radius 1 is 1.43 bits per heavy atom. The highest BCUT2D eigenvalue weighted by Crippen LogP contribution is 1.97. The van der Waals surface area contributed by atoms with Crippen molar-refractivity contribution < 1.29 is 9.63 Å². The zero-order chi connectivity index (χ0) is 10.4. The van der Waals surface area contributed by atoms with Crippen molar-refractivity contribution in [1.82, 2.24) is 5.32 Å². The van der Waals surface area contributed by atoms with Gasteiger partial charge in [-0.3, -0.25) is 4.84 Å². The first-order chi connectivity index (χ1) is 6.74. The monoisotopic (exact) mass is 193 g/mol. The first-order valence-electron chi connectivity index (χ1n) is 4.01. The van der Waals surface area contributed by atoms with Gasteiger partial charge in [0.05, 0.1) is 0 Å². The second-order valence-corrected chi connectivity index (χ2v) is 2.47. The number of amidine groups is 1. The minimum absolute atomic E-state index is 0.161. The predicted octanol–water partition coefficient (Wildman–Crippen LogP) is 0.663. The number of hydrogen-bond donors (Lipinski definition) is 2. The molecule has 0 aliphatic carbocycles. The normalized spacial score (nSPS) is 10.8. The van der Waals surface area contributed by atoms with Crippen LogP contribution in [0.2, 0.25) is 0 Å². The van der Waals surface area contributed by atoms with Crippen LogP contribution in [0.4, 0.5) is 4.79 Å². The van der Waals surface area contributed by atoms with Gasteiger partial charge in [-0.1, -0.05) is 35.5 Å². The molecule has 1 amide bonds. The molecule has 0 atom stereocenters. The molecular weight excluding hydrogens is 182 g/mol. The smallest absolute Gasteiger partial charge is 0.380 e. The number of oxime groups is 1. The Balaban J connectivity index is 2.66. The Bertz CT molecular complexity index is 335. The van der Waals surface area contributed by atoms with Crippen LogP contribution in [0, 0.1) is 0 Å². The molecule has 5 nitrogen and oxygen atoms in total. The quantitative estimate of drug-likeness (QED) is 0.313. The summed E-state index contributed by atoms with van der Waals surface area (Å²) in [6.07, 6.45) is -0.649. The van der Waals surface area contributed by atoms with Crippen LogP contribution < -0.4 is 11.1 Å². The molecule has 0 heterocycles. The van der Waals surface area contributed by atoms with Crippen molar-refractivity contribution in [3.05, 3.63) is 35.9 Å². The van der Waals surface area contributed by atoms with E-state index in [0.717, 1.165) is 0 Å². The third kappa shape index (κ3) is 2.78. The van der Waals surface area contributed by atoms with Gasteiger partial charge >= 0.3 is 6.09 Å². The molecule has 0 aliphatic rings. The number of nitrogens with one attached hydrogen (secondary N) is 1. The Morgan fingerprint density at radius 2 is 2.07 bits per heavy atom. The van der Waals surface area contributed by atoms with Gasteiger partial charge in [-0.05, 0) is 0 Å². The minimum Gasteiger partial charge on any atom is -0.380 e. The summed E-state index contributed by atoms with van der Waals surface area (Å²) in [4.78, 5) is 15.1. The molecule has 3 N–H and O–H groups in total. The van der Waals surface area contributed by atoms with E-state index in [0.29, 0.717) is 5.56 Å². The Morgan fingerprint density at radius 3 is 2.64 bits per heavy atom. The van der Waals surface area contributed by atoms with E-state index in [-0.39, 0.29) is 5.84 Å². The average molecular weight is 193 g/mol. The van der Waals surface area contributed by atoms with Gasteiger partial charge in [-0.25, -0.2) is 4.79 Å². The van der Waals surface area contributed by atoms with E-state index in [1.807, 2.05) is 18.2 Å². The first kappa shape index (κ1) is 10.0. The molecule has 0 bridgehead atoms. The van der Waals surface area contributed by atoms with Crippen LogP contribution in [0.5, 0.6) is 0 Å². The third-order valence-corrected chi connectivity index (χ3v) is 1.50. The molecule has 14 heavy (non-hydrogen) atoms. The Kier molecular flexibility index (Phi) is 3.49. The molecule has 0 saturated carbocycles. The van der Waals surface area contributed by atoms with Crippen molar-refractivity contribution in [2.75, 3.05) is 7.05 Å². The van der Waals surface area contributed by atoms with Crippen molar-refractivity contribution in [2.24, 2.45) is 10.9 Å². The second kappa shape index (κ2) is 4.86. The van der Waals surface area contributed by atoms with Crippen LogP contribution in [-0.2, 0) is 4.84 Å². The zero-order valence-corrected chi connectivity index (χ0v) is 7.73. The SMILES string of the molecule is CNC(=O)O/N=C(\N)c1ccccc1. The number of rotatable bonds is 2. The standard InChI is InChI=1S/C9H11N3O2/c1-11-9(13)14-12-8(10)7-5-3-2-4-6-7/h2-6H,1H3,(H2,10,12)(H,11,13). The van der Waals surface area contributed by atoms with Crippen molar-refractivity contribution in [1.29, 1.82) is 0 Å². The summed E-state index contributed by atoms with van der Waals surface area (Å²) < 4.78 is 0. The fraction of sp³-hybridized carbons (Fsp3) is 0.111. The fourth-order valence-corrected chi connectivity index (χ4v) is 0.798. The molecule has 0 saturated heterocycles. The van der Waals surface area contributed by atoms with Crippen molar-refractivity contribution in [3.8, 4) is 0 Å². The highest BCUT2D eigenvalue weighted by Gasteiger charge is 1.99. The second-order valence-electron chi connectivity index (χ2n) is 2.47. The third-order valence-electron chi connectivity index (χ3n) is 1.50. The molecule has 0 radical (unpaired) electrons. The van der Waals surface area contributed by atoms with Crippen LogP contribution in [0.3, 0.4) is 0 Å². The maximum atomic E-state index is 10.7. The summed E-state index contributed by atoms with van der Waals surface area (Å²) in [7, 11) is 1.44. The van der Waals surface area contributed by atoms with E-state index < -0.39 is 6.09 Å². The van der Waals surface area contributed by atoms with Crippen LogP contribution in [0.15, 0.2) is 35.5 Å². The van der Waals surface area contributed by atoms with Gasteiger partial charge in [-0.15, -0.1) is 0 Å². The van der Waals surface area contributed by atoms with Gasteiger partial charge in [0.15, 0.2) is 5.84 Å². The number of benzene rings is 1. The topological polar surface area (TPSA) is 76.7 Å². The van der Waals surface area contributed by atoms with Gasteiger partial charge in [0.1, 0.15) is 0 Å². The first-order valence-corrected chi connectivity index (χ1v) is 4.01. The molecule has 5 heteroatoms. The van der Waals surface area contributed by atoms with Crippen molar-refractivity contribution in [2.45, 2.75) is 0 Å². The van der Waals surface area contributed by atoms with E-state index in [9.17, 15) is 4.79 Å². The zero-order valence-electron chi connectivity index (χ0n) is 7.73. The minimum atomic E-state index is -0.649. The summed E-state index contributed by atoms with van der Waals surface area (Å²) in [6.45, 7) is 0. The number of carbonyl (C=O) groups excluding carboxylic acids is 1. The lowest BCUT2D eigenvalue weighted by molar-refractivity contribution is 0.153. The maximum Gasteiger partial charge on any atom is 0.433 e. The van der Waals surface area contributed by atoms with Gasteiger partial charge in [0, 0.05) is 12.6 Å². The van der Waals surface area contributed by atoms with E-state index in [2.05, 4.69) is 15.3 Å². The number of carbonyl (C=O) groups is 1. The molecule has 0 fully saturated rings. The molecule has 0 unspecified atom stereocenters. The summed E-state index contributed by atoms with van der Waals surface area (Å²) >= 11 is 0. The highest BCUT2D eigenvalue weighted by atomic mass is 16.7. The van der Waals surface area contributed by atoms with E-state index in [4.69, 9.17) is 5.73 Å². The largest absolute Gasteiger partial charge is 0.433 e. The molecule has 1 aromatic carbocycles. The van der Waals surface area contributed by atoms with Crippen LogP contribution >= 0.6 is 0 Å². The summed E-state index contributed by atoms with van der Waals surface area (Å²) in [5.41, 5.74) is 6.25. The van der Waals surface area contributed by atoms with Crippen LogP contribution in [0.1, 0.15) is 5.56 Å². The van der Waals surface area contributed by atoms with Gasteiger partial charge in [-0.2, -0.15) is 0 Å². The van der Waals surface area contributed by atoms with Gasteiger partial charge < -0.3 is 11.1 Å². The molecular formula is C9H11N3O2.